The Balaban J connectivity index is 2.18. The minimum atomic E-state index is -1.83. The van der Waals surface area contributed by atoms with Gasteiger partial charge in [0.15, 0.2) is 8.32 Å². The monoisotopic (exact) mass is 282 g/mol. The molecule has 0 bridgehead atoms. The zero-order chi connectivity index (χ0) is 14.7. The van der Waals surface area contributed by atoms with E-state index in [-0.39, 0.29) is 10.6 Å². The lowest BCUT2D eigenvalue weighted by molar-refractivity contribution is 0.0282. The average Bonchev–Trinajstić information content (AvgIpc) is 2.79. The molecule has 0 unspecified atom stereocenters. The van der Waals surface area contributed by atoms with Crippen LogP contribution in [-0.2, 0) is 4.43 Å². The first-order valence-corrected chi connectivity index (χ1v) is 10.5. The van der Waals surface area contributed by atoms with Crippen molar-refractivity contribution in [2.45, 2.75) is 76.8 Å². The van der Waals surface area contributed by atoms with Crippen LogP contribution in [0.1, 0.15) is 47.5 Å². The van der Waals surface area contributed by atoms with Crippen molar-refractivity contribution in [3.8, 4) is 0 Å². The topological polar surface area (TPSA) is 29.5 Å². The summed E-state index contributed by atoms with van der Waals surface area (Å²) in [5.74, 6) is 1.08. The summed E-state index contributed by atoms with van der Waals surface area (Å²) in [5, 5.41) is 11.0. The highest BCUT2D eigenvalue weighted by Crippen LogP contribution is 2.61. The van der Waals surface area contributed by atoms with E-state index < -0.39 is 13.9 Å². The van der Waals surface area contributed by atoms with Crippen molar-refractivity contribution in [1.29, 1.82) is 0 Å². The smallest absolute Gasteiger partial charge is 0.193 e. The predicted molar refractivity (Wildman–Crippen MR) is 82.7 cm³/mol. The number of hydrogen-bond donors (Lipinski definition) is 1. The standard InChI is InChI=1S/C16H30O2Si/c1-12(2)13-8-9-16(11-15(16,17)10-13)18-19(6,7)14(3,4)5/h8-9,12-13,17H,10-11H2,1-7H3/t13-,15+,16+/m1/s1. The van der Waals surface area contributed by atoms with Gasteiger partial charge in [-0.1, -0.05) is 46.8 Å². The molecule has 19 heavy (non-hydrogen) atoms. The van der Waals surface area contributed by atoms with Gasteiger partial charge in [-0.25, -0.2) is 0 Å². The van der Waals surface area contributed by atoms with E-state index in [9.17, 15) is 5.11 Å². The van der Waals surface area contributed by atoms with Gasteiger partial charge in [-0.05, 0) is 36.4 Å². The normalized spacial score (nSPS) is 38.5. The van der Waals surface area contributed by atoms with Crippen LogP contribution < -0.4 is 0 Å². The van der Waals surface area contributed by atoms with E-state index in [0.717, 1.165) is 12.8 Å². The number of rotatable bonds is 3. The van der Waals surface area contributed by atoms with Crippen molar-refractivity contribution in [3.05, 3.63) is 12.2 Å². The molecule has 3 heteroatoms. The second-order valence-electron chi connectivity index (χ2n) is 8.43. The first kappa shape index (κ1) is 15.3. The minimum absolute atomic E-state index is 0.188. The highest BCUT2D eigenvalue weighted by Gasteiger charge is 2.70. The molecule has 0 spiro atoms. The third kappa shape index (κ3) is 2.45. The maximum absolute atomic E-state index is 10.8. The number of allylic oxidation sites excluding steroid dienone is 1. The largest absolute Gasteiger partial charge is 0.405 e. The summed E-state index contributed by atoms with van der Waals surface area (Å²) in [6.07, 6.45) is 6.09. The molecule has 0 saturated heterocycles. The molecule has 0 amide bonds. The Morgan fingerprint density at radius 3 is 2.32 bits per heavy atom. The number of aliphatic hydroxyl groups is 1. The van der Waals surface area contributed by atoms with E-state index in [1.165, 1.54) is 0 Å². The summed E-state index contributed by atoms with van der Waals surface area (Å²) >= 11 is 0. The molecule has 2 nitrogen and oxygen atoms in total. The first-order chi connectivity index (χ1) is 8.43. The van der Waals surface area contributed by atoms with E-state index in [2.05, 4.69) is 59.9 Å². The van der Waals surface area contributed by atoms with Crippen LogP contribution in [0.15, 0.2) is 12.2 Å². The molecule has 0 heterocycles. The molecule has 1 saturated carbocycles. The van der Waals surface area contributed by atoms with Crippen LogP contribution in [0, 0.1) is 11.8 Å². The minimum Gasteiger partial charge on any atom is -0.405 e. The Morgan fingerprint density at radius 1 is 1.32 bits per heavy atom. The van der Waals surface area contributed by atoms with Crippen molar-refractivity contribution in [1.82, 2.24) is 0 Å². The maximum Gasteiger partial charge on any atom is 0.193 e. The lowest BCUT2D eigenvalue weighted by Crippen LogP contribution is -2.48. The van der Waals surface area contributed by atoms with Gasteiger partial charge < -0.3 is 9.53 Å². The van der Waals surface area contributed by atoms with Crippen molar-refractivity contribution >= 4 is 8.32 Å². The molecular weight excluding hydrogens is 252 g/mol. The van der Waals surface area contributed by atoms with Gasteiger partial charge in [0.25, 0.3) is 0 Å². The highest BCUT2D eigenvalue weighted by atomic mass is 28.4. The molecule has 0 aromatic heterocycles. The van der Waals surface area contributed by atoms with Crippen molar-refractivity contribution in [2.24, 2.45) is 11.8 Å². The average molecular weight is 282 g/mol. The summed E-state index contributed by atoms with van der Waals surface area (Å²) in [7, 11) is -1.83. The fourth-order valence-corrected chi connectivity index (χ4v) is 4.36. The van der Waals surface area contributed by atoms with E-state index in [4.69, 9.17) is 4.43 Å². The van der Waals surface area contributed by atoms with Gasteiger partial charge in [-0.3, -0.25) is 0 Å². The summed E-state index contributed by atoms with van der Waals surface area (Å²) in [5.41, 5.74) is -0.979. The fraction of sp³-hybridized carbons (Fsp3) is 0.875. The first-order valence-electron chi connectivity index (χ1n) is 7.54. The second kappa shape index (κ2) is 4.19. The van der Waals surface area contributed by atoms with Gasteiger partial charge in [0, 0.05) is 6.42 Å². The molecule has 110 valence electrons. The van der Waals surface area contributed by atoms with Crippen LogP contribution in [0.4, 0.5) is 0 Å². The summed E-state index contributed by atoms with van der Waals surface area (Å²) in [4.78, 5) is 0. The maximum atomic E-state index is 10.8. The lowest BCUT2D eigenvalue weighted by Gasteiger charge is -2.41. The fourth-order valence-electron chi connectivity index (χ4n) is 2.82. The summed E-state index contributed by atoms with van der Waals surface area (Å²) < 4.78 is 6.54. The van der Waals surface area contributed by atoms with E-state index in [1.807, 2.05) is 0 Å². The van der Waals surface area contributed by atoms with Crippen LogP contribution in [-0.4, -0.2) is 24.6 Å². The molecular formula is C16H30O2Si. The second-order valence-corrected chi connectivity index (χ2v) is 13.2. The van der Waals surface area contributed by atoms with Crippen LogP contribution in [0.3, 0.4) is 0 Å². The van der Waals surface area contributed by atoms with Gasteiger partial charge in [0.1, 0.15) is 5.60 Å². The van der Waals surface area contributed by atoms with Gasteiger partial charge in [-0.15, -0.1) is 0 Å². The van der Waals surface area contributed by atoms with Gasteiger partial charge in [0.2, 0.25) is 0 Å². The molecule has 2 aliphatic carbocycles. The number of fused-ring (bicyclic) bond motifs is 1. The molecule has 0 aliphatic heterocycles. The van der Waals surface area contributed by atoms with E-state index in [0.29, 0.717) is 11.8 Å². The van der Waals surface area contributed by atoms with Crippen LogP contribution in [0.5, 0.6) is 0 Å². The van der Waals surface area contributed by atoms with E-state index in [1.54, 1.807) is 0 Å². The Morgan fingerprint density at radius 2 is 1.89 bits per heavy atom. The van der Waals surface area contributed by atoms with Gasteiger partial charge in [0.05, 0.1) is 5.60 Å². The lowest BCUT2D eigenvalue weighted by atomic mass is 9.84. The third-order valence-electron chi connectivity index (χ3n) is 5.50. The number of hydrogen-bond acceptors (Lipinski definition) is 2. The molecule has 3 atom stereocenters. The Labute approximate surface area is 119 Å². The predicted octanol–water partition coefficient (Wildman–Crippen LogP) is 4.11. The van der Waals surface area contributed by atoms with Crippen molar-refractivity contribution in [3.63, 3.8) is 0 Å². The van der Waals surface area contributed by atoms with Crippen LogP contribution >= 0.6 is 0 Å². The summed E-state index contributed by atoms with van der Waals surface area (Å²) in [6.45, 7) is 15.7. The summed E-state index contributed by atoms with van der Waals surface area (Å²) in [6, 6.07) is 0. The van der Waals surface area contributed by atoms with Crippen molar-refractivity contribution in [2.75, 3.05) is 0 Å². The molecule has 1 fully saturated rings. The zero-order valence-electron chi connectivity index (χ0n) is 13.6. The molecule has 0 aromatic rings. The molecule has 0 aromatic carbocycles. The van der Waals surface area contributed by atoms with Gasteiger partial charge >= 0.3 is 0 Å². The quantitative estimate of drug-likeness (QED) is 0.623. The van der Waals surface area contributed by atoms with E-state index >= 15 is 0 Å². The molecule has 2 rings (SSSR count). The third-order valence-corrected chi connectivity index (χ3v) is 9.99. The molecule has 2 aliphatic rings. The Bertz CT molecular complexity index is 394. The Kier molecular flexibility index (Phi) is 3.36. The molecule has 0 radical (unpaired) electrons. The highest BCUT2D eigenvalue weighted by molar-refractivity contribution is 6.74. The van der Waals surface area contributed by atoms with Crippen LogP contribution in [0.2, 0.25) is 18.1 Å². The SMILES string of the molecule is CC(C)[C@@H]1C=C[C@]2(O[Si](C)(C)C(C)(C)C)C[C@@]2(O)C1. The van der Waals surface area contributed by atoms with Crippen LogP contribution in [0.25, 0.3) is 0 Å². The molecule has 1 N–H and O–H groups in total. The Hall–Kier alpha value is -0.123. The zero-order valence-corrected chi connectivity index (χ0v) is 14.6. The van der Waals surface area contributed by atoms with Gasteiger partial charge in [-0.2, -0.15) is 0 Å². The van der Waals surface area contributed by atoms with Crippen molar-refractivity contribution < 1.29 is 9.53 Å².